The number of rotatable bonds is 2. The molecule has 1 radical (unpaired) electrons. The number of halogens is 2. The molecule has 3 rings (SSSR count). The van der Waals surface area contributed by atoms with Gasteiger partial charge in [0.15, 0.2) is 0 Å². The molecule has 0 aliphatic rings. The molecule has 0 saturated heterocycles. The molecule has 0 bridgehead atoms. The third-order valence-corrected chi connectivity index (χ3v) is 2.96. The Kier molecular flexibility index (Phi) is 3.25. The van der Waals surface area contributed by atoms with Crippen LogP contribution in [0.15, 0.2) is 60.7 Å². The van der Waals surface area contributed by atoms with Crippen LogP contribution >= 0.6 is 0 Å². The number of aromatic nitrogens is 1. The zero-order valence-electron chi connectivity index (χ0n) is 10.5. The summed E-state index contributed by atoms with van der Waals surface area (Å²) in [6.45, 7) is 0. The van der Waals surface area contributed by atoms with Gasteiger partial charge in [-0.3, -0.25) is 0 Å². The van der Waals surface area contributed by atoms with E-state index in [0.717, 1.165) is 11.1 Å². The van der Waals surface area contributed by atoms with E-state index >= 15 is 0 Å². The summed E-state index contributed by atoms with van der Waals surface area (Å²) in [6, 6.07) is 18.7. The fraction of sp³-hybridized carbons (Fsp3) is 0. The Labute approximate surface area is 115 Å². The van der Waals surface area contributed by atoms with E-state index in [1.807, 2.05) is 0 Å². The number of hydrogen-bond acceptors (Lipinski definition) is 1. The first-order valence-electron chi connectivity index (χ1n) is 6.12. The molecule has 0 N–H and O–H groups in total. The van der Waals surface area contributed by atoms with Crippen LogP contribution in [0.5, 0.6) is 0 Å². The van der Waals surface area contributed by atoms with Crippen molar-refractivity contribution in [2.24, 2.45) is 0 Å². The van der Waals surface area contributed by atoms with Crippen molar-refractivity contribution in [2.45, 2.75) is 0 Å². The summed E-state index contributed by atoms with van der Waals surface area (Å²) in [5.74, 6) is -0.570. The highest BCUT2D eigenvalue weighted by Gasteiger charge is 2.04. The lowest BCUT2D eigenvalue weighted by molar-refractivity contribution is 0.627. The van der Waals surface area contributed by atoms with Crippen molar-refractivity contribution in [3.8, 4) is 22.5 Å². The van der Waals surface area contributed by atoms with E-state index in [1.54, 1.807) is 36.4 Å². The lowest BCUT2D eigenvalue weighted by atomic mass is 10.1. The van der Waals surface area contributed by atoms with Gasteiger partial charge in [-0.05, 0) is 66.7 Å². The molecule has 0 unspecified atom stereocenters. The molecular formula is C17H10F2N. The second-order valence-corrected chi connectivity index (χ2v) is 4.35. The molecule has 2 aromatic carbocycles. The Morgan fingerprint density at radius 3 is 1.45 bits per heavy atom. The normalized spacial score (nSPS) is 10.5. The fourth-order valence-corrected chi connectivity index (χ4v) is 1.93. The first kappa shape index (κ1) is 12.5. The minimum atomic E-state index is -0.285. The molecule has 0 amide bonds. The molecule has 1 heterocycles. The molecule has 20 heavy (non-hydrogen) atoms. The lowest BCUT2D eigenvalue weighted by Crippen LogP contribution is -1.88. The Morgan fingerprint density at radius 2 is 1.05 bits per heavy atom. The Bertz CT molecular complexity index is 658. The minimum Gasteiger partial charge on any atom is -0.248 e. The molecule has 0 saturated carbocycles. The van der Waals surface area contributed by atoms with E-state index in [1.165, 1.54) is 24.3 Å². The van der Waals surface area contributed by atoms with Crippen LogP contribution in [0.25, 0.3) is 22.5 Å². The molecule has 1 nitrogen and oxygen atoms in total. The molecule has 0 fully saturated rings. The largest absolute Gasteiger partial charge is 0.248 e. The number of nitrogens with zero attached hydrogens (tertiary/aromatic N) is 1. The first-order chi connectivity index (χ1) is 9.72. The maximum atomic E-state index is 12.9. The standard InChI is InChI=1S/C17H10F2N/c18-14-8-4-12(5-9-14)16-2-1-3-17(20-16)13-6-10-15(19)11-7-13/h2-11H. The third-order valence-electron chi connectivity index (χ3n) is 2.96. The molecule has 3 aromatic rings. The molecule has 0 spiro atoms. The summed E-state index contributed by atoms with van der Waals surface area (Å²) >= 11 is 0. The van der Waals surface area contributed by atoms with E-state index in [2.05, 4.69) is 11.1 Å². The lowest BCUT2D eigenvalue weighted by Gasteiger charge is -2.05. The number of hydrogen-bond donors (Lipinski definition) is 0. The van der Waals surface area contributed by atoms with Crippen LogP contribution in [0.4, 0.5) is 8.78 Å². The van der Waals surface area contributed by atoms with E-state index in [0.29, 0.717) is 11.4 Å². The maximum Gasteiger partial charge on any atom is 0.123 e. The summed E-state index contributed by atoms with van der Waals surface area (Å²) in [7, 11) is 0. The Balaban J connectivity index is 2.01. The van der Waals surface area contributed by atoms with Crippen molar-refractivity contribution < 1.29 is 8.78 Å². The maximum absolute atomic E-state index is 12.9. The fourth-order valence-electron chi connectivity index (χ4n) is 1.93. The summed E-state index contributed by atoms with van der Waals surface area (Å²) in [5.41, 5.74) is 3.02. The molecule has 0 aliphatic heterocycles. The third kappa shape index (κ3) is 2.57. The summed E-state index contributed by atoms with van der Waals surface area (Å²) in [6.07, 6.45) is 0. The predicted octanol–water partition coefficient (Wildman–Crippen LogP) is 4.49. The van der Waals surface area contributed by atoms with Gasteiger partial charge >= 0.3 is 0 Å². The zero-order chi connectivity index (χ0) is 13.9. The van der Waals surface area contributed by atoms with Gasteiger partial charge in [-0.1, -0.05) is 0 Å². The van der Waals surface area contributed by atoms with Crippen molar-refractivity contribution in [2.75, 3.05) is 0 Å². The second kappa shape index (κ2) is 5.21. The average Bonchev–Trinajstić information content (AvgIpc) is 2.49. The van der Waals surface area contributed by atoms with Crippen molar-refractivity contribution in [1.29, 1.82) is 0 Å². The van der Waals surface area contributed by atoms with E-state index in [-0.39, 0.29) is 11.6 Å². The van der Waals surface area contributed by atoms with Crippen molar-refractivity contribution in [1.82, 2.24) is 4.98 Å². The van der Waals surface area contributed by atoms with Gasteiger partial charge in [-0.15, -0.1) is 0 Å². The SMILES string of the molecule is Fc1ccc(-c2c[c]cc(-c3ccc(F)cc3)n2)cc1. The van der Waals surface area contributed by atoms with Gasteiger partial charge in [0.2, 0.25) is 0 Å². The van der Waals surface area contributed by atoms with Crippen LogP contribution in [0.1, 0.15) is 0 Å². The summed E-state index contributed by atoms with van der Waals surface area (Å²) in [4.78, 5) is 4.50. The zero-order valence-corrected chi connectivity index (χ0v) is 10.5. The Morgan fingerprint density at radius 1 is 0.650 bits per heavy atom. The highest BCUT2D eigenvalue weighted by Crippen LogP contribution is 2.22. The molecule has 3 heteroatoms. The minimum absolute atomic E-state index is 0.285. The van der Waals surface area contributed by atoms with E-state index < -0.39 is 0 Å². The van der Waals surface area contributed by atoms with Crippen molar-refractivity contribution in [3.05, 3.63) is 78.4 Å². The van der Waals surface area contributed by atoms with Gasteiger partial charge < -0.3 is 0 Å². The van der Waals surface area contributed by atoms with E-state index in [9.17, 15) is 8.78 Å². The highest BCUT2D eigenvalue weighted by atomic mass is 19.1. The monoisotopic (exact) mass is 266 g/mol. The molecule has 1 aromatic heterocycles. The van der Waals surface area contributed by atoms with Gasteiger partial charge in [0, 0.05) is 11.1 Å². The van der Waals surface area contributed by atoms with Crippen molar-refractivity contribution >= 4 is 0 Å². The first-order valence-corrected chi connectivity index (χ1v) is 6.12. The topological polar surface area (TPSA) is 12.9 Å². The number of benzene rings is 2. The van der Waals surface area contributed by atoms with Crippen LogP contribution in [0.2, 0.25) is 0 Å². The summed E-state index contributed by atoms with van der Waals surface area (Å²) < 4.78 is 25.8. The second-order valence-electron chi connectivity index (χ2n) is 4.35. The predicted molar refractivity (Wildman–Crippen MR) is 73.9 cm³/mol. The Hall–Kier alpha value is -2.55. The average molecular weight is 266 g/mol. The molecule has 0 atom stereocenters. The van der Waals surface area contributed by atoms with Gasteiger partial charge in [0.05, 0.1) is 11.4 Å². The van der Waals surface area contributed by atoms with Crippen LogP contribution in [-0.2, 0) is 0 Å². The van der Waals surface area contributed by atoms with Gasteiger partial charge in [0.25, 0.3) is 0 Å². The van der Waals surface area contributed by atoms with Crippen LogP contribution < -0.4 is 0 Å². The number of pyridine rings is 1. The van der Waals surface area contributed by atoms with Crippen LogP contribution in [-0.4, -0.2) is 4.98 Å². The summed E-state index contributed by atoms with van der Waals surface area (Å²) in [5, 5.41) is 0. The van der Waals surface area contributed by atoms with Gasteiger partial charge in [-0.2, -0.15) is 0 Å². The van der Waals surface area contributed by atoms with Gasteiger partial charge in [0.1, 0.15) is 11.6 Å². The van der Waals surface area contributed by atoms with Crippen LogP contribution in [0, 0.1) is 17.7 Å². The smallest absolute Gasteiger partial charge is 0.123 e. The van der Waals surface area contributed by atoms with Gasteiger partial charge in [-0.25, -0.2) is 13.8 Å². The molecule has 97 valence electrons. The highest BCUT2D eigenvalue weighted by molar-refractivity contribution is 5.65. The van der Waals surface area contributed by atoms with Crippen LogP contribution in [0.3, 0.4) is 0 Å². The van der Waals surface area contributed by atoms with E-state index in [4.69, 9.17) is 0 Å². The molecular weight excluding hydrogens is 256 g/mol. The van der Waals surface area contributed by atoms with Crippen molar-refractivity contribution in [3.63, 3.8) is 0 Å². The quantitative estimate of drug-likeness (QED) is 0.665. The molecule has 0 aliphatic carbocycles.